The molecule has 0 aliphatic heterocycles. The minimum Gasteiger partial charge on any atom is -0.398 e. The van der Waals surface area contributed by atoms with Gasteiger partial charge in [-0.2, -0.15) is 0 Å². The lowest BCUT2D eigenvalue weighted by molar-refractivity contribution is 0.0819. The van der Waals surface area contributed by atoms with Crippen LogP contribution in [0.15, 0.2) is 18.2 Å². The van der Waals surface area contributed by atoms with Crippen LogP contribution in [-0.4, -0.2) is 23.2 Å². The molecule has 4 heteroatoms. The zero-order valence-corrected chi connectivity index (χ0v) is 11.4. The third-order valence-corrected chi connectivity index (χ3v) is 3.83. The first-order valence-electron chi connectivity index (χ1n) is 6.93. The van der Waals surface area contributed by atoms with E-state index in [4.69, 9.17) is 5.73 Å². The second-order valence-corrected chi connectivity index (χ2v) is 5.32. The maximum Gasteiger partial charge on any atom is 0.253 e. The number of rotatable bonds is 2. The minimum atomic E-state index is -0.448. The number of hydrogen-bond donors (Lipinski definition) is 3. The van der Waals surface area contributed by atoms with Crippen molar-refractivity contribution in [3.8, 4) is 0 Å². The number of nitrogens with one attached hydrogen (secondary N) is 1. The van der Waals surface area contributed by atoms with Crippen molar-refractivity contribution >= 4 is 11.6 Å². The van der Waals surface area contributed by atoms with E-state index >= 15 is 0 Å². The van der Waals surface area contributed by atoms with E-state index in [9.17, 15) is 9.90 Å². The molecule has 1 aromatic rings. The third kappa shape index (κ3) is 3.26. The number of amides is 1. The van der Waals surface area contributed by atoms with Gasteiger partial charge in [-0.15, -0.1) is 0 Å². The number of carbonyl (C=O) groups is 1. The van der Waals surface area contributed by atoms with Gasteiger partial charge in [-0.3, -0.25) is 4.79 Å². The molecular formula is C15H22N2O2. The van der Waals surface area contributed by atoms with E-state index in [2.05, 4.69) is 5.32 Å². The lowest BCUT2D eigenvalue weighted by Gasteiger charge is -2.22. The Morgan fingerprint density at radius 2 is 2.05 bits per heavy atom. The number of nitrogens with two attached hydrogens (primary N) is 1. The summed E-state index contributed by atoms with van der Waals surface area (Å²) in [7, 11) is 0. The van der Waals surface area contributed by atoms with Gasteiger partial charge in [0, 0.05) is 5.69 Å². The summed E-state index contributed by atoms with van der Waals surface area (Å²) in [6.45, 7) is 1.87. The Hall–Kier alpha value is -1.55. The highest BCUT2D eigenvalue weighted by molar-refractivity contribution is 6.00. The lowest BCUT2D eigenvalue weighted by Crippen LogP contribution is -2.43. The Bertz CT molecular complexity index is 439. The first-order chi connectivity index (χ1) is 9.09. The molecule has 0 aromatic heterocycles. The molecular weight excluding hydrogens is 240 g/mol. The van der Waals surface area contributed by atoms with E-state index in [1.165, 1.54) is 0 Å². The van der Waals surface area contributed by atoms with Crippen LogP contribution >= 0.6 is 0 Å². The zero-order valence-electron chi connectivity index (χ0n) is 11.4. The number of aryl methyl sites for hydroxylation is 1. The van der Waals surface area contributed by atoms with Gasteiger partial charge in [0.25, 0.3) is 5.91 Å². The van der Waals surface area contributed by atoms with Gasteiger partial charge in [0.15, 0.2) is 0 Å². The number of benzene rings is 1. The largest absolute Gasteiger partial charge is 0.398 e. The van der Waals surface area contributed by atoms with E-state index in [0.717, 1.165) is 37.7 Å². The van der Waals surface area contributed by atoms with Gasteiger partial charge in [-0.25, -0.2) is 0 Å². The number of anilines is 1. The summed E-state index contributed by atoms with van der Waals surface area (Å²) < 4.78 is 0. The molecule has 1 amide bonds. The van der Waals surface area contributed by atoms with Crippen LogP contribution in [-0.2, 0) is 0 Å². The summed E-state index contributed by atoms with van der Waals surface area (Å²) in [4.78, 5) is 12.3. The molecule has 0 spiro atoms. The molecule has 1 aromatic carbocycles. The lowest BCUT2D eigenvalue weighted by atomic mass is 10.0. The summed E-state index contributed by atoms with van der Waals surface area (Å²) in [5.74, 6) is -0.179. The number of nitrogen functional groups attached to an aromatic ring is 1. The number of aliphatic hydroxyl groups is 1. The third-order valence-electron chi connectivity index (χ3n) is 3.83. The van der Waals surface area contributed by atoms with E-state index in [1.807, 2.05) is 19.1 Å². The molecule has 1 aliphatic carbocycles. The van der Waals surface area contributed by atoms with Crippen LogP contribution in [0, 0.1) is 6.92 Å². The van der Waals surface area contributed by atoms with Gasteiger partial charge in [0.2, 0.25) is 0 Å². The highest BCUT2D eigenvalue weighted by atomic mass is 16.3. The monoisotopic (exact) mass is 262 g/mol. The standard InChI is InChI=1S/C15H22N2O2/c1-10-6-5-7-11(16)14(10)15(19)17-12-8-3-2-4-9-13(12)18/h5-7,12-13,18H,2-4,8-9,16H2,1H3,(H,17,19). The van der Waals surface area contributed by atoms with Crippen molar-refractivity contribution in [2.24, 2.45) is 0 Å². The summed E-state index contributed by atoms with van der Waals surface area (Å²) >= 11 is 0. The van der Waals surface area contributed by atoms with E-state index in [1.54, 1.807) is 6.07 Å². The number of carbonyl (C=O) groups excluding carboxylic acids is 1. The molecule has 1 saturated carbocycles. The second kappa shape index (κ2) is 6.06. The van der Waals surface area contributed by atoms with E-state index in [-0.39, 0.29) is 11.9 Å². The SMILES string of the molecule is Cc1cccc(N)c1C(=O)NC1CCCCCC1O. The van der Waals surface area contributed by atoms with Crippen molar-refractivity contribution in [3.05, 3.63) is 29.3 Å². The van der Waals surface area contributed by atoms with Gasteiger partial charge in [0.1, 0.15) is 0 Å². The van der Waals surface area contributed by atoms with E-state index in [0.29, 0.717) is 11.3 Å². The van der Waals surface area contributed by atoms with Crippen molar-refractivity contribution in [2.45, 2.75) is 51.2 Å². The second-order valence-electron chi connectivity index (χ2n) is 5.32. The Morgan fingerprint density at radius 1 is 1.32 bits per heavy atom. The number of hydrogen-bond acceptors (Lipinski definition) is 3. The Balaban J connectivity index is 2.12. The molecule has 104 valence electrons. The van der Waals surface area contributed by atoms with Crippen LogP contribution in [0.2, 0.25) is 0 Å². The van der Waals surface area contributed by atoms with Crippen LogP contribution in [0.4, 0.5) is 5.69 Å². The molecule has 19 heavy (non-hydrogen) atoms. The topological polar surface area (TPSA) is 75.4 Å². The normalized spacial score (nSPS) is 23.7. The maximum atomic E-state index is 12.3. The average molecular weight is 262 g/mol. The smallest absolute Gasteiger partial charge is 0.253 e. The zero-order chi connectivity index (χ0) is 13.8. The van der Waals surface area contributed by atoms with Crippen LogP contribution in [0.25, 0.3) is 0 Å². The minimum absolute atomic E-state index is 0.158. The molecule has 0 heterocycles. The first kappa shape index (κ1) is 13.9. The molecule has 2 atom stereocenters. The van der Waals surface area contributed by atoms with Crippen LogP contribution in [0.5, 0.6) is 0 Å². The van der Waals surface area contributed by atoms with Crippen LogP contribution in [0.1, 0.15) is 48.0 Å². The molecule has 1 fully saturated rings. The highest BCUT2D eigenvalue weighted by Gasteiger charge is 2.24. The molecule has 0 bridgehead atoms. The molecule has 2 rings (SSSR count). The molecule has 4 nitrogen and oxygen atoms in total. The summed E-state index contributed by atoms with van der Waals surface area (Å²) in [5, 5.41) is 13.0. The summed E-state index contributed by atoms with van der Waals surface area (Å²) in [5.41, 5.74) is 7.74. The van der Waals surface area contributed by atoms with Gasteiger partial charge in [-0.05, 0) is 31.4 Å². The van der Waals surface area contributed by atoms with Crippen molar-refractivity contribution in [2.75, 3.05) is 5.73 Å². The molecule has 0 radical (unpaired) electrons. The van der Waals surface area contributed by atoms with Crippen molar-refractivity contribution < 1.29 is 9.90 Å². The van der Waals surface area contributed by atoms with Gasteiger partial charge < -0.3 is 16.2 Å². The van der Waals surface area contributed by atoms with Crippen molar-refractivity contribution in [1.82, 2.24) is 5.32 Å². The molecule has 4 N–H and O–H groups in total. The average Bonchev–Trinajstić information content (AvgIpc) is 2.55. The quantitative estimate of drug-likeness (QED) is 0.563. The predicted molar refractivity (Wildman–Crippen MR) is 75.9 cm³/mol. The Morgan fingerprint density at radius 3 is 2.79 bits per heavy atom. The fourth-order valence-corrected chi connectivity index (χ4v) is 2.70. The maximum absolute atomic E-state index is 12.3. The number of aliphatic hydroxyl groups excluding tert-OH is 1. The van der Waals surface area contributed by atoms with E-state index < -0.39 is 6.10 Å². The Kier molecular flexibility index (Phi) is 4.43. The Labute approximate surface area is 114 Å². The summed E-state index contributed by atoms with van der Waals surface area (Å²) in [6.07, 6.45) is 4.34. The van der Waals surface area contributed by atoms with Crippen LogP contribution in [0.3, 0.4) is 0 Å². The van der Waals surface area contributed by atoms with Crippen molar-refractivity contribution in [3.63, 3.8) is 0 Å². The first-order valence-corrected chi connectivity index (χ1v) is 6.93. The van der Waals surface area contributed by atoms with Gasteiger partial charge in [-0.1, -0.05) is 31.4 Å². The highest BCUT2D eigenvalue weighted by Crippen LogP contribution is 2.20. The fraction of sp³-hybridized carbons (Fsp3) is 0.533. The van der Waals surface area contributed by atoms with Gasteiger partial charge in [0.05, 0.1) is 17.7 Å². The molecule has 1 aliphatic rings. The van der Waals surface area contributed by atoms with Crippen molar-refractivity contribution in [1.29, 1.82) is 0 Å². The fourth-order valence-electron chi connectivity index (χ4n) is 2.70. The summed E-state index contributed by atoms with van der Waals surface area (Å²) in [6, 6.07) is 5.27. The molecule has 2 unspecified atom stereocenters. The van der Waals surface area contributed by atoms with Crippen LogP contribution < -0.4 is 11.1 Å². The predicted octanol–water partition coefficient (Wildman–Crippen LogP) is 2.00. The van der Waals surface area contributed by atoms with Gasteiger partial charge >= 0.3 is 0 Å². The molecule has 0 saturated heterocycles.